The largest absolute Gasteiger partial charge is 0.399 e. The van der Waals surface area contributed by atoms with Gasteiger partial charge >= 0.3 is 0 Å². The van der Waals surface area contributed by atoms with Gasteiger partial charge in [-0.2, -0.15) is 0 Å². The number of anilines is 1. The summed E-state index contributed by atoms with van der Waals surface area (Å²) < 4.78 is 25.5. The summed E-state index contributed by atoms with van der Waals surface area (Å²) in [6.45, 7) is 7.32. The molecule has 5 heteroatoms. The number of rotatable bonds is 0. The monoisotopic (exact) mass is 320 g/mol. The average molecular weight is 320 g/mol. The molecule has 1 aromatic carbocycles. The first-order valence-electron chi connectivity index (χ1n) is 7.80. The van der Waals surface area contributed by atoms with Crippen molar-refractivity contribution >= 4 is 21.2 Å². The van der Waals surface area contributed by atoms with Crippen LogP contribution in [-0.2, 0) is 21.8 Å². The highest BCUT2D eigenvalue weighted by molar-refractivity contribution is 7.94. The molecule has 120 valence electrons. The lowest BCUT2D eigenvalue weighted by molar-refractivity contribution is 0.414. The fourth-order valence-corrected chi connectivity index (χ4v) is 6.28. The third-order valence-electron chi connectivity index (χ3n) is 5.58. The molecular formula is C17H24N2O2S. The Morgan fingerprint density at radius 2 is 1.95 bits per heavy atom. The molecule has 2 N–H and O–H groups in total. The summed E-state index contributed by atoms with van der Waals surface area (Å²) in [5, 5.41) is -0.484. The predicted molar refractivity (Wildman–Crippen MR) is 91.0 cm³/mol. The van der Waals surface area contributed by atoms with Gasteiger partial charge in [0.15, 0.2) is 9.84 Å². The van der Waals surface area contributed by atoms with Crippen LogP contribution in [0.15, 0.2) is 23.2 Å². The molecule has 3 rings (SSSR count). The second-order valence-corrected chi connectivity index (χ2v) is 9.88. The highest BCUT2D eigenvalue weighted by atomic mass is 32.2. The second kappa shape index (κ2) is 4.57. The second-order valence-electron chi connectivity index (χ2n) is 7.20. The number of nitrogens with zero attached hydrogens (tertiary/aromatic N) is 1. The van der Waals surface area contributed by atoms with Crippen molar-refractivity contribution in [2.24, 2.45) is 4.99 Å². The number of hydrogen-bond acceptors (Lipinski definition) is 4. The summed E-state index contributed by atoms with van der Waals surface area (Å²) in [6, 6.07) is 5.83. The van der Waals surface area contributed by atoms with Crippen molar-refractivity contribution in [3.63, 3.8) is 0 Å². The summed E-state index contributed by atoms with van der Waals surface area (Å²) in [5.41, 5.74) is 8.73. The zero-order chi connectivity index (χ0) is 16.3. The van der Waals surface area contributed by atoms with Gasteiger partial charge in [0.05, 0.1) is 10.8 Å². The summed E-state index contributed by atoms with van der Waals surface area (Å²) in [7, 11) is -3.32. The maximum absolute atomic E-state index is 13.2. The van der Waals surface area contributed by atoms with E-state index >= 15 is 0 Å². The van der Waals surface area contributed by atoms with Gasteiger partial charge in [-0.05, 0) is 70.2 Å². The Labute approximate surface area is 132 Å². The van der Waals surface area contributed by atoms with Gasteiger partial charge in [0, 0.05) is 11.4 Å². The summed E-state index contributed by atoms with van der Waals surface area (Å²) in [6.07, 6.45) is 2.39. The number of aliphatic imine (C=N–C) groups is 1. The normalized spacial score (nSPS) is 32.4. The maximum Gasteiger partial charge on any atom is 0.166 e. The van der Waals surface area contributed by atoms with E-state index in [1.807, 2.05) is 32.0 Å². The topological polar surface area (TPSA) is 72.5 Å². The number of sulfone groups is 1. The van der Waals surface area contributed by atoms with Crippen LogP contribution in [0.25, 0.3) is 0 Å². The first-order chi connectivity index (χ1) is 10.1. The van der Waals surface area contributed by atoms with Gasteiger partial charge in [0.1, 0.15) is 4.75 Å². The molecule has 2 aliphatic rings. The molecule has 0 bridgehead atoms. The van der Waals surface area contributed by atoms with Gasteiger partial charge in [0.25, 0.3) is 0 Å². The van der Waals surface area contributed by atoms with Gasteiger partial charge in [0.2, 0.25) is 0 Å². The molecule has 2 atom stereocenters. The molecule has 1 heterocycles. The lowest BCUT2D eigenvalue weighted by atomic mass is 9.85. The number of fused-ring (bicyclic) bond motifs is 3. The van der Waals surface area contributed by atoms with Crippen LogP contribution in [0.2, 0.25) is 0 Å². The van der Waals surface area contributed by atoms with Gasteiger partial charge < -0.3 is 5.73 Å². The SMILES string of the molecule is CC1=N[C@]2(C)c3cc(N)ccc3CCC[C@@H]2S(=O)(=O)C1(C)C. The van der Waals surface area contributed by atoms with Crippen LogP contribution in [0.4, 0.5) is 5.69 Å². The molecule has 1 aromatic rings. The van der Waals surface area contributed by atoms with Crippen LogP contribution in [0.5, 0.6) is 0 Å². The molecular weight excluding hydrogens is 296 g/mol. The quantitative estimate of drug-likeness (QED) is 0.747. The van der Waals surface area contributed by atoms with E-state index in [1.165, 1.54) is 5.56 Å². The van der Waals surface area contributed by atoms with E-state index in [-0.39, 0.29) is 0 Å². The van der Waals surface area contributed by atoms with E-state index in [4.69, 9.17) is 10.7 Å². The molecule has 0 aromatic heterocycles. The lowest BCUT2D eigenvalue weighted by Crippen LogP contribution is -2.56. The number of aryl methyl sites for hydroxylation is 1. The highest BCUT2D eigenvalue weighted by Crippen LogP contribution is 2.47. The number of benzene rings is 1. The van der Waals surface area contributed by atoms with Crippen molar-refractivity contribution in [1.29, 1.82) is 0 Å². The minimum absolute atomic E-state index is 0.484. The summed E-state index contributed by atoms with van der Waals surface area (Å²) >= 11 is 0. The van der Waals surface area contributed by atoms with E-state index in [0.717, 1.165) is 18.4 Å². The third-order valence-corrected chi connectivity index (χ3v) is 8.74. The Bertz CT molecular complexity index is 765. The van der Waals surface area contributed by atoms with Crippen molar-refractivity contribution in [3.05, 3.63) is 29.3 Å². The van der Waals surface area contributed by atoms with Crippen LogP contribution in [0.1, 0.15) is 51.7 Å². The van der Waals surface area contributed by atoms with Crippen molar-refractivity contribution in [2.45, 2.75) is 62.5 Å². The molecule has 1 aliphatic heterocycles. The van der Waals surface area contributed by atoms with E-state index < -0.39 is 25.4 Å². The molecule has 0 spiro atoms. The smallest absolute Gasteiger partial charge is 0.166 e. The van der Waals surface area contributed by atoms with Crippen molar-refractivity contribution < 1.29 is 8.42 Å². The minimum atomic E-state index is -3.32. The van der Waals surface area contributed by atoms with Gasteiger partial charge in [-0.25, -0.2) is 8.42 Å². The van der Waals surface area contributed by atoms with Crippen LogP contribution in [-0.4, -0.2) is 24.1 Å². The number of nitrogens with two attached hydrogens (primary N) is 1. The highest BCUT2D eigenvalue weighted by Gasteiger charge is 2.56. The fourth-order valence-electron chi connectivity index (χ4n) is 3.85. The Morgan fingerprint density at radius 3 is 2.64 bits per heavy atom. The molecule has 1 aliphatic carbocycles. The molecule has 0 radical (unpaired) electrons. The number of nitrogen functional groups attached to an aromatic ring is 1. The maximum atomic E-state index is 13.2. The molecule has 0 fully saturated rings. The van der Waals surface area contributed by atoms with Crippen LogP contribution >= 0.6 is 0 Å². The Hall–Kier alpha value is -1.36. The molecule has 0 saturated carbocycles. The van der Waals surface area contributed by atoms with E-state index in [2.05, 4.69) is 0 Å². The zero-order valence-electron chi connectivity index (χ0n) is 13.7. The molecule has 0 unspecified atom stereocenters. The van der Waals surface area contributed by atoms with Crippen LogP contribution in [0, 0.1) is 0 Å². The standard InChI is InChI=1S/C17H24N2O2S/c1-11-16(2,3)22(20,21)15-7-5-6-12-8-9-13(18)10-14(12)17(15,4)19-11/h8-10,15H,5-7,18H2,1-4H3/t15-,17+/m0/s1. The van der Waals surface area contributed by atoms with E-state index in [0.29, 0.717) is 17.8 Å². The summed E-state index contributed by atoms with van der Waals surface area (Å²) in [4.78, 5) is 4.91. The van der Waals surface area contributed by atoms with Crippen molar-refractivity contribution in [2.75, 3.05) is 5.73 Å². The van der Waals surface area contributed by atoms with Gasteiger partial charge in [-0.1, -0.05) is 6.07 Å². The molecule has 22 heavy (non-hydrogen) atoms. The number of hydrogen-bond donors (Lipinski definition) is 1. The Morgan fingerprint density at radius 1 is 1.27 bits per heavy atom. The van der Waals surface area contributed by atoms with Crippen molar-refractivity contribution in [1.82, 2.24) is 0 Å². The van der Waals surface area contributed by atoms with E-state index in [9.17, 15) is 8.42 Å². The fraction of sp³-hybridized carbons (Fsp3) is 0.588. The minimum Gasteiger partial charge on any atom is -0.399 e. The van der Waals surface area contributed by atoms with E-state index in [1.54, 1.807) is 13.8 Å². The predicted octanol–water partition coefficient (Wildman–Crippen LogP) is 2.86. The lowest BCUT2D eigenvalue weighted by Gasteiger charge is -2.44. The molecule has 0 amide bonds. The first kappa shape index (κ1) is 15.5. The average Bonchev–Trinajstić information content (AvgIpc) is 2.55. The first-order valence-corrected chi connectivity index (χ1v) is 9.34. The van der Waals surface area contributed by atoms with Crippen LogP contribution in [0.3, 0.4) is 0 Å². The molecule has 0 saturated heterocycles. The Balaban J connectivity index is 2.35. The molecule has 4 nitrogen and oxygen atoms in total. The van der Waals surface area contributed by atoms with Crippen LogP contribution < -0.4 is 5.73 Å². The van der Waals surface area contributed by atoms with Gasteiger partial charge in [-0.3, -0.25) is 4.99 Å². The Kier molecular flexibility index (Phi) is 3.23. The third kappa shape index (κ3) is 1.87. The summed E-state index contributed by atoms with van der Waals surface area (Å²) in [5.74, 6) is 0. The van der Waals surface area contributed by atoms with Crippen molar-refractivity contribution in [3.8, 4) is 0 Å². The van der Waals surface area contributed by atoms with Gasteiger partial charge in [-0.15, -0.1) is 0 Å². The zero-order valence-corrected chi connectivity index (χ0v) is 14.5.